The lowest BCUT2D eigenvalue weighted by Gasteiger charge is -2.07. The minimum Gasteiger partial charge on any atom is -0.476 e. The van der Waals surface area contributed by atoms with E-state index in [9.17, 15) is 4.79 Å². The zero-order chi connectivity index (χ0) is 12.7. The lowest BCUT2D eigenvalue weighted by atomic mass is 10.4. The molecule has 0 aromatic carbocycles. The Morgan fingerprint density at radius 2 is 2.24 bits per heavy atom. The number of hydrogen-bond acceptors (Lipinski definition) is 6. The molecule has 0 fully saturated rings. The van der Waals surface area contributed by atoms with E-state index in [0.29, 0.717) is 18.2 Å². The van der Waals surface area contributed by atoms with Crippen molar-refractivity contribution >= 4 is 5.97 Å². The Labute approximate surface area is 100 Å². The molecule has 94 valence electrons. The smallest absolute Gasteiger partial charge is 0.376 e. The van der Waals surface area contributed by atoms with Crippen LogP contribution in [-0.4, -0.2) is 42.7 Å². The molecule has 1 N–H and O–H groups in total. The van der Waals surface area contributed by atoms with Crippen molar-refractivity contribution in [1.29, 1.82) is 0 Å². The maximum Gasteiger partial charge on any atom is 0.376 e. The lowest BCUT2D eigenvalue weighted by molar-refractivity contribution is 0.0585. The summed E-state index contributed by atoms with van der Waals surface area (Å²) in [5, 5.41) is 3.12. The summed E-state index contributed by atoms with van der Waals surface area (Å²) in [6.45, 7) is 5.90. The minimum absolute atomic E-state index is 0.0194. The molecule has 0 amide bonds. The Balaban J connectivity index is 2.65. The number of aromatic nitrogens is 2. The number of nitrogens with one attached hydrogen (secondary N) is 1. The van der Waals surface area contributed by atoms with Crippen molar-refractivity contribution in [1.82, 2.24) is 15.3 Å². The molecule has 0 saturated carbocycles. The first-order valence-corrected chi connectivity index (χ1v) is 5.45. The largest absolute Gasteiger partial charge is 0.476 e. The highest BCUT2D eigenvalue weighted by atomic mass is 16.5. The second-order valence-corrected chi connectivity index (χ2v) is 3.36. The molecular formula is C11H17N3O3. The SMILES string of the molecule is CCNCCOc1cc(C)nc(C(=O)OC)n1. The quantitative estimate of drug-likeness (QED) is 0.577. The van der Waals surface area contributed by atoms with E-state index in [1.54, 1.807) is 13.0 Å². The summed E-state index contributed by atoms with van der Waals surface area (Å²) >= 11 is 0. The van der Waals surface area contributed by atoms with Crippen LogP contribution in [0.3, 0.4) is 0 Å². The standard InChI is InChI=1S/C11H17N3O3/c1-4-12-5-6-17-9-7-8(2)13-10(14-9)11(15)16-3/h7,12H,4-6H2,1-3H3. The van der Waals surface area contributed by atoms with Gasteiger partial charge >= 0.3 is 5.97 Å². The van der Waals surface area contributed by atoms with E-state index in [-0.39, 0.29) is 5.82 Å². The van der Waals surface area contributed by atoms with Crippen molar-refractivity contribution in [2.75, 3.05) is 26.8 Å². The van der Waals surface area contributed by atoms with Gasteiger partial charge in [-0.25, -0.2) is 9.78 Å². The van der Waals surface area contributed by atoms with Crippen LogP contribution in [0.4, 0.5) is 0 Å². The first-order valence-electron chi connectivity index (χ1n) is 5.45. The molecule has 0 atom stereocenters. The molecule has 1 aromatic rings. The number of ether oxygens (including phenoxy) is 2. The summed E-state index contributed by atoms with van der Waals surface area (Å²) in [6.07, 6.45) is 0. The van der Waals surface area contributed by atoms with Gasteiger partial charge in [0.05, 0.1) is 7.11 Å². The van der Waals surface area contributed by atoms with Crippen LogP contribution >= 0.6 is 0 Å². The number of methoxy groups -OCH3 is 1. The average Bonchev–Trinajstić information content (AvgIpc) is 2.33. The van der Waals surface area contributed by atoms with Crippen LogP contribution in [0.15, 0.2) is 6.07 Å². The Morgan fingerprint density at radius 1 is 1.47 bits per heavy atom. The average molecular weight is 239 g/mol. The van der Waals surface area contributed by atoms with E-state index in [0.717, 1.165) is 13.1 Å². The van der Waals surface area contributed by atoms with E-state index >= 15 is 0 Å². The molecule has 0 spiro atoms. The van der Waals surface area contributed by atoms with Crippen LogP contribution in [0.5, 0.6) is 5.88 Å². The molecule has 0 saturated heterocycles. The molecule has 0 aliphatic rings. The highest BCUT2D eigenvalue weighted by Gasteiger charge is 2.11. The fourth-order valence-electron chi connectivity index (χ4n) is 1.20. The van der Waals surface area contributed by atoms with Gasteiger partial charge < -0.3 is 14.8 Å². The number of rotatable bonds is 6. The number of aryl methyl sites for hydroxylation is 1. The third-order valence-corrected chi connectivity index (χ3v) is 1.98. The van der Waals surface area contributed by atoms with Gasteiger partial charge in [0.1, 0.15) is 6.61 Å². The summed E-state index contributed by atoms with van der Waals surface area (Å²) in [7, 11) is 1.29. The minimum atomic E-state index is -0.565. The summed E-state index contributed by atoms with van der Waals surface area (Å²) in [5.74, 6) is -0.160. The van der Waals surface area contributed by atoms with Crippen LogP contribution < -0.4 is 10.1 Å². The van der Waals surface area contributed by atoms with Crippen molar-refractivity contribution in [3.05, 3.63) is 17.6 Å². The number of carbonyl (C=O) groups excluding carboxylic acids is 1. The predicted octanol–water partition coefficient (Wildman–Crippen LogP) is 0.560. The number of esters is 1. The van der Waals surface area contributed by atoms with Crippen LogP contribution in [0.2, 0.25) is 0 Å². The topological polar surface area (TPSA) is 73.3 Å². The maximum atomic E-state index is 11.3. The van der Waals surface area contributed by atoms with E-state index in [1.807, 2.05) is 6.92 Å². The second-order valence-electron chi connectivity index (χ2n) is 3.36. The highest BCUT2D eigenvalue weighted by molar-refractivity contribution is 5.85. The summed E-state index contributed by atoms with van der Waals surface area (Å²) < 4.78 is 9.96. The third-order valence-electron chi connectivity index (χ3n) is 1.98. The monoisotopic (exact) mass is 239 g/mol. The van der Waals surface area contributed by atoms with Crippen LogP contribution in [-0.2, 0) is 4.74 Å². The van der Waals surface area contributed by atoms with Gasteiger partial charge in [-0.15, -0.1) is 0 Å². The normalized spacial score (nSPS) is 10.1. The van der Waals surface area contributed by atoms with Crippen molar-refractivity contribution < 1.29 is 14.3 Å². The number of nitrogens with zero attached hydrogens (tertiary/aromatic N) is 2. The molecule has 0 aliphatic carbocycles. The molecule has 1 rings (SSSR count). The molecule has 6 nitrogen and oxygen atoms in total. The number of likely N-dealkylation sites (N-methyl/N-ethyl adjacent to an activating group) is 1. The van der Waals surface area contributed by atoms with Crippen molar-refractivity contribution in [3.63, 3.8) is 0 Å². The highest BCUT2D eigenvalue weighted by Crippen LogP contribution is 2.09. The van der Waals surface area contributed by atoms with Crippen molar-refractivity contribution in [2.24, 2.45) is 0 Å². The molecule has 17 heavy (non-hydrogen) atoms. The second kappa shape index (κ2) is 6.80. The Bertz CT molecular complexity index is 382. The molecule has 0 unspecified atom stereocenters. The molecule has 1 heterocycles. The van der Waals surface area contributed by atoms with Gasteiger partial charge in [-0.1, -0.05) is 6.92 Å². The van der Waals surface area contributed by atoms with Gasteiger partial charge in [-0.05, 0) is 13.5 Å². The number of hydrogen-bond donors (Lipinski definition) is 1. The van der Waals surface area contributed by atoms with Gasteiger partial charge in [0.2, 0.25) is 11.7 Å². The summed E-state index contributed by atoms with van der Waals surface area (Å²) in [5.41, 5.74) is 0.666. The van der Waals surface area contributed by atoms with Crippen LogP contribution in [0, 0.1) is 6.92 Å². The van der Waals surface area contributed by atoms with Crippen LogP contribution in [0.25, 0.3) is 0 Å². The Hall–Kier alpha value is -1.69. The number of carbonyl (C=O) groups is 1. The fraction of sp³-hybridized carbons (Fsp3) is 0.545. The molecular weight excluding hydrogens is 222 g/mol. The van der Waals surface area contributed by atoms with Gasteiger partial charge in [0, 0.05) is 18.3 Å². The summed E-state index contributed by atoms with van der Waals surface area (Å²) in [4.78, 5) is 19.2. The van der Waals surface area contributed by atoms with E-state index < -0.39 is 5.97 Å². The summed E-state index contributed by atoms with van der Waals surface area (Å²) in [6, 6.07) is 1.68. The maximum absolute atomic E-state index is 11.3. The van der Waals surface area contributed by atoms with Gasteiger partial charge in [-0.3, -0.25) is 0 Å². The Morgan fingerprint density at radius 3 is 2.88 bits per heavy atom. The third kappa shape index (κ3) is 4.36. The van der Waals surface area contributed by atoms with Gasteiger partial charge in [0.25, 0.3) is 0 Å². The molecule has 1 aromatic heterocycles. The first-order chi connectivity index (χ1) is 8.17. The molecule has 0 radical (unpaired) electrons. The zero-order valence-electron chi connectivity index (χ0n) is 10.3. The van der Waals surface area contributed by atoms with E-state index in [1.165, 1.54) is 7.11 Å². The van der Waals surface area contributed by atoms with E-state index in [4.69, 9.17) is 4.74 Å². The van der Waals surface area contributed by atoms with E-state index in [2.05, 4.69) is 20.0 Å². The molecule has 0 bridgehead atoms. The van der Waals surface area contributed by atoms with Crippen molar-refractivity contribution in [3.8, 4) is 5.88 Å². The Kier molecular flexibility index (Phi) is 5.35. The van der Waals surface area contributed by atoms with Gasteiger partial charge in [-0.2, -0.15) is 4.98 Å². The molecule has 0 aliphatic heterocycles. The zero-order valence-corrected chi connectivity index (χ0v) is 10.3. The van der Waals surface area contributed by atoms with Crippen molar-refractivity contribution in [2.45, 2.75) is 13.8 Å². The molecule has 6 heteroatoms. The fourth-order valence-corrected chi connectivity index (χ4v) is 1.20. The predicted molar refractivity (Wildman–Crippen MR) is 62.1 cm³/mol. The first kappa shape index (κ1) is 13.4. The van der Waals surface area contributed by atoms with Crippen LogP contribution in [0.1, 0.15) is 23.2 Å². The lowest BCUT2D eigenvalue weighted by Crippen LogP contribution is -2.21. The van der Waals surface area contributed by atoms with Gasteiger partial charge in [0.15, 0.2) is 0 Å².